The molecular formula is C17H26ClIN6. The average molecular weight is 477 g/mol. The molecule has 138 valence electrons. The number of nitrogens with zero attached hydrogens (tertiary/aromatic N) is 4. The Bertz CT molecular complexity index is 668. The lowest BCUT2D eigenvalue weighted by Crippen LogP contribution is -2.38. The highest BCUT2D eigenvalue weighted by Gasteiger charge is 2.06. The number of benzene rings is 1. The first kappa shape index (κ1) is 21.7. The molecule has 0 aliphatic rings. The largest absolute Gasteiger partial charge is 0.356 e. The molecule has 2 N–H and O–H groups in total. The van der Waals surface area contributed by atoms with E-state index in [2.05, 4.69) is 32.7 Å². The van der Waals surface area contributed by atoms with E-state index in [1.54, 1.807) is 0 Å². The molecule has 0 atom stereocenters. The van der Waals surface area contributed by atoms with Gasteiger partial charge in [0.2, 0.25) is 0 Å². The smallest absolute Gasteiger partial charge is 0.191 e. The summed E-state index contributed by atoms with van der Waals surface area (Å²) in [5.74, 6) is 2.55. The summed E-state index contributed by atoms with van der Waals surface area (Å²) in [6.45, 7) is 6.17. The topological polar surface area (TPSA) is 67.1 Å². The molecule has 0 fully saturated rings. The van der Waals surface area contributed by atoms with Crippen LogP contribution in [0.15, 0.2) is 29.3 Å². The molecule has 0 radical (unpaired) electrons. The molecule has 0 amide bonds. The number of hydrogen-bond acceptors (Lipinski definition) is 3. The number of unbranched alkanes of at least 4 members (excludes halogenated alkanes) is 1. The van der Waals surface area contributed by atoms with E-state index in [0.717, 1.165) is 47.6 Å². The third-order valence-electron chi connectivity index (χ3n) is 3.75. The van der Waals surface area contributed by atoms with E-state index in [0.29, 0.717) is 13.1 Å². The molecule has 6 nitrogen and oxygen atoms in total. The highest BCUT2D eigenvalue weighted by atomic mass is 127. The fourth-order valence-corrected chi connectivity index (χ4v) is 2.21. The van der Waals surface area contributed by atoms with Gasteiger partial charge in [0, 0.05) is 18.6 Å². The third-order valence-corrected chi connectivity index (χ3v) is 4.00. The van der Waals surface area contributed by atoms with Crippen LogP contribution in [-0.2, 0) is 20.1 Å². The second kappa shape index (κ2) is 11.3. The Hall–Kier alpha value is -1.35. The molecule has 0 spiro atoms. The lowest BCUT2D eigenvalue weighted by Gasteiger charge is -2.12. The summed E-state index contributed by atoms with van der Waals surface area (Å²) in [5, 5.41) is 15.6. The van der Waals surface area contributed by atoms with Crippen LogP contribution >= 0.6 is 35.6 Å². The Morgan fingerprint density at radius 3 is 2.52 bits per heavy atom. The molecule has 0 saturated heterocycles. The van der Waals surface area contributed by atoms with Crippen LogP contribution in [0, 0.1) is 6.92 Å². The SMILES string of the molecule is CCCCNC(=NCc1ccc(Cl)cc1)NCc1nnc(C)n1C.I. The van der Waals surface area contributed by atoms with Crippen molar-refractivity contribution < 1.29 is 0 Å². The van der Waals surface area contributed by atoms with E-state index >= 15 is 0 Å². The average Bonchev–Trinajstić information content (AvgIpc) is 2.90. The van der Waals surface area contributed by atoms with Crippen LogP contribution in [0.1, 0.15) is 37.0 Å². The predicted octanol–water partition coefficient (Wildman–Crippen LogP) is 3.43. The van der Waals surface area contributed by atoms with Crippen molar-refractivity contribution in [1.82, 2.24) is 25.4 Å². The second-order valence-electron chi connectivity index (χ2n) is 5.65. The van der Waals surface area contributed by atoms with Gasteiger partial charge in [0.1, 0.15) is 5.82 Å². The van der Waals surface area contributed by atoms with Gasteiger partial charge in [-0.05, 0) is 31.0 Å². The number of aromatic nitrogens is 3. The van der Waals surface area contributed by atoms with Crippen molar-refractivity contribution in [3.05, 3.63) is 46.5 Å². The van der Waals surface area contributed by atoms with Crippen LogP contribution in [0.5, 0.6) is 0 Å². The zero-order chi connectivity index (χ0) is 17.4. The van der Waals surface area contributed by atoms with E-state index in [1.165, 1.54) is 0 Å². The number of nitrogens with one attached hydrogen (secondary N) is 2. The lowest BCUT2D eigenvalue weighted by molar-refractivity contribution is 0.695. The van der Waals surface area contributed by atoms with Gasteiger partial charge >= 0.3 is 0 Å². The first-order chi connectivity index (χ1) is 11.6. The Morgan fingerprint density at radius 2 is 1.92 bits per heavy atom. The number of halogens is 2. The Labute approximate surface area is 171 Å². The molecule has 1 heterocycles. The zero-order valence-corrected chi connectivity index (χ0v) is 18.0. The molecule has 2 rings (SSSR count). The second-order valence-corrected chi connectivity index (χ2v) is 6.08. The maximum atomic E-state index is 5.92. The highest BCUT2D eigenvalue weighted by Crippen LogP contribution is 2.10. The minimum Gasteiger partial charge on any atom is -0.356 e. The molecular weight excluding hydrogens is 451 g/mol. The van der Waals surface area contributed by atoms with Crippen molar-refractivity contribution in [3.8, 4) is 0 Å². The molecule has 2 aromatic rings. The van der Waals surface area contributed by atoms with Crippen molar-refractivity contribution in [2.75, 3.05) is 6.54 Å². The molecule has 1 aromatic carbocycles. The molecule has 25 heavy (non-hydrogen) atoms. The van der Waals surface area contributed by atoms with Gasteiger partial charge in [-0.1, -0.05) is 37.1 Å². The number of aliphatic imine (C=N–C) groups is 1. The number of aryl methyl sites for hydroxylation is 1. The summed E-state index contributed by atoms with van der Waals surface area (Å²) >= 11 is 5.92. The van der Waals surface area contributed by atoms with Crippen molar-refractivity contribution >= 4 is 41.5 Å². The molecule has 1 aromatic heterocycles. The normalized spacial score (nSPS) is 11.1. The summed E-state index contributed by atoms with van der Waals surface area (Å²) in [7, 11) is 1.96. The maximum absolute atomic E-state index is 5.92. The van der Waals surface area contributed by atoms with Gasteiger partial charge in [0.15, 0.2) is 11.8 Å². The summed E-state index contributed by atoms with van der Waals surface area (Å²) in [6.07, 6.45) is 2.24. The molecule has 8 heteroatoms. The minimum absolute atomic E-state index is 0. The van der Waals surface area contributed by atoms with Crippen molar-refractivity contribution in [3.63, 3.8) is 0 Å². The predicted molar refractivity (Wildman–Crippen MR) is 113 cm³/mol. The number of rotatable bonds is 7. The van der Waals surface area contributed by atoms with E-state index in [9.17, 15) is 0 Å². The quantitative estimate of drug-likeness (QED) is 0.278. The maximum Gasteiger partial charge on any atom is 0.191 e. The van der Waals surface area contributed by atoms with Crippen molar-refractivity contribution in [1.29, 1.82) is 0 Å². The van der Waals surface area contributed by atoms with Gasteiger partial charge in [-0.2, -0.15) is 0 Å². The van der Waals surface area contributed by atoms with Crippen molar-refractivity contribution in [2.24, 2.45) is 12.0 Å². The van der Waals surface area contributed by atoms with Crippen molar-refractivity contribution in [2.45, 2.75) is 39.8 Å². The fourth-order valence-electron chi connectivity index (χ4n) is 2.09. The minimum atomic E-state index is 0. The van der Waals surface area contributed by atoms with E-state index < -0.39 is 0 Å². The molecule has 0 unspecified atom stereocenters. The molecule has 0 aliphatic carbocycles. The van der Waals surface area contributed by atoms with Gasteiger partial charge < -0.3 is 15.2 Å². The van der Waals surface area contributed by atoms with Gasteiger partial charge in [-0.15, -0.1) is 34.2 Å². The van der Waals surface area contributed by atoms with Crippen LogP contribution < -0.4 is 10.6 Å². The van der Waals surface area contributed by atoms with E-state index in [1.807, 2.05) is 42.8 Å². The monoisotopic (exact) mass is 476 g/mol. The summed E-state index contributed by atoms with van der Waals surface area (Å²) in [5.41, 5.74) is 1.12. The summed E-state index contributed by atoms with van der Waals surface area (Å²) in [4.78, 5) is 4.64. The molecule has 0 saturated carbocycles. The standard InChI is InChI=1S/C17H25ClN6.HI/c1-4-5-10-19-17(20-11-14-6-8-15(18)9-7-14)21-12-16-23-22-13(2)24(16)3;/h6-9H,4-5,10-12H2,1-3H3,(H2,19,20,21);1H. The number of hydrogen-bond donors (Lipinski definition) is 2. The lowest BCUT2D eigenvalue weighted by atomic mass is 10.2. The van der Waals surface area contributed by atoms with E-state index in [-0.39, 0.29) is 24.0 Å². The third kappa shape index (κ3) is 7.19. The molecule has 0 bridgehead atoms. The molecule has 0 aliphatic heterocycles. The Balaban J connectivity index is 0.00000312. The first-order valence-electron chi connectivity index (χ1n) is 8.21. The van der Waals surface area contributed by atoms with Crippen LogP contribution in [0.25, 0.3) is 0 Å². The van der Waals surface area contributed by atoms with Gasteiger partial charge in [-0.3, -0.25) is 0 Å². The fraction of sp³-hybridized carbons (Fsp3) is 0.471. The van der Waals surface area contributed by atoms with E-state index in [4.69, 9.17) is 11.6 Å². The summed E-state index contributed by atoms with van der Waals surface area (Å²) in [6, 6.07) is 7.74. The van der Waals surface area contributed by atoms with Crippen LogP contribution in [0.4, 0.5) is 0 Å². The van der Waals surface area contributed by atoms with Gasteiger partial charge in [0.25, 0.3) is 0 Å². The first-order valence-corrected chi connectivity index (χ1v) is 8.59. The summed E-state index contributed by atoms with van der Waals surface area (Å²) < 4.78 is 1.97. The van der Waals surface area contributed by atoms with Crippen LogP contribution in [0.3, 0.4) is 0 Å². The van der Waals surface area contributed by atoms with Gasteiger partial charge in [0.05, 0.1) is 13.1 Å². The highest BCUT2D eigenvalue weighted by molar-refractivity contribution is 14.0. The number of guanidine groups is 1. The Morgan fingerprint density at radius 1 is 1.20 bits per heavy atom. The van der Waals surface area contributed by atoms with Crippen LogP contribution in [-0.4, -0.2) is 27.3 Å². The zero-order valence-electron chi connectivity index (χ0n) is 14.9. The Kier molecular flexibility index (Phi) is 9.81. The van der Waals surface area contributed by atoms with Crippen LogP contribution in [0.2, 0.25) is 5.02 Å². The van der Waals surface area contributed by atoms with Gasteiger partial charge in [-0.25, -0.2) is 4.99 Å².